The van der Waals surface area contributed by atoms with Gasteiger partial charge in [-0.1, -0.05) is 44.2 Å². The number of amides is 2. The molecule has 0 spiro atoms. The molecule has 3 rings (SSSR count). The quantitative estimate of drug-likeness (QED) is 0.666. The number of hydrogen-bond acceptors (Lipinski definition) is 6. The topological polar surface area (TPSA) is 97.2 Å². The average molecular weight is 436 g/mol. The van der Waals surface area contributed by atoms with E-state index in [-0.39, 0.29) is 17.4 Å². The third-order valence-electron chi connectivity index (χ3n) is 5.12. The maximum absolute atomic E-state index is 13.5. The Morgan fingerprint density at radius 1 is 1.33 bits per heavy atom. The Kier molecular flexibility index (Phi) is 6.69. The van der Waals surface area contributed by atoms with E-state index in [1.807, 2.05) is 65.0 Å². The van der Waals surface area contributed by atoms with Crippen molar-refractivity contribution in [1.82, 2.24) is 10.2 Å². The van der Waals surface area contributed by atoms with Crippen molar-refractivity contribution >= 4 is 23.8 Å². The van der Waals surface area contributed by atoms with Gasteiger partial charge in [0, 0.05) is 12.3 Å². The number of thioether (sulfide) groups is 1. The zero-order chi connectivity index (χ0) is 22.1. The lowest BCUT2D eigenvalue weighted by atomic mass is 9.97. The van der Waals surface area contributed by atoms with Crippen molar-refractivity contribution in [3.05, 3.63) is 35.9 Å². The second kappa shape index (κ2) is 8.77. The van der Waals surface area contributed by atoms with Gasteiger partial charge in [-0.25, -0.2) is 4.79 Å². The monoisotopic (exact) mass is 435 g/mol. The van der Waals surface area contributed by atoms with Crippen LogP contribution in [0.4, 0.5) is 4.79 Å². The van der Waals surface area contributed by atoms with Crippen molar-refractivity contribution in [3.63, 3.8) is 0 Å². The first-order valence-electron chi connectivity index (χ1n) is 10.5. The second-order valence-electron chi connectivity index (χ2n) is 9.26. The van der Waals surface area contributed by atoms with E-state index in [0.29, 0.717) is 6.42 Å². The van der Waals surface area contributed by atoms with Crippen LogP contribution in [0.3, 0.4) is 0 Å². The Morgan fingerprint density at radius 3 is 2.57 bits per heavy atom. The van der Waals surface area contributed by atoms with Crippen molar-refractivity contribution in [2.45, 2.75) is 69.9 Å². The molecular weight excluding hydrogens is 402 g/mol. The third-order valence-corrected chi connectivity index (χ3v) is 6.50. The number of epoxide rings is 1. The van der Waals surface area contributed by atoms with E-state index in [9.17, 15) is 9.59 Å². The van der Waals surface area contributed by atoms with Crippen molar-refractivity contribution in [3.8, 4) is 0 Å². The number of ether oxygens (including phenoxy) is 2. The standard InChI is InChI=1S/C22H33N3O4S/c1-14(2)13-16(18(23)26)25(20(27)29-21(3,4)5)22-17(15-9-7-6-8-10-15)30-12-11-24-19(22)28-22/h6-10,14,16-17,19,24H,11-13H2,1-5H3,(H2,23,26)/t16-,17?,19?,22?/m0/s1. The van der Waals surface area contributed by atoms with Crippen molar-refractivity contribution in [2.75, 3.05) is 12.3 Å². The Labute approximate surface area is 183 Å². The summed E-state index contributed by atoms with van der Waals surface area (Å²) in [6.45, 7) is 10.2. The molecule has 3 N–H and O–H groups in total. The molecule has 0 aliphatic carbocycles. The number of fused-ring (bicyclic) bond motifs is 1. The Hall–Kier alpha value is -1.77. The van der Waals surface area contributed by atoms with Crippen LogP contribution in [0.1, 0.15) is 51.9 Å². The van der Waals surface area contributed by atoms with Gasteiger partial charge in [0.2, 0.25) is 11.6 Å². The first-order valence-corrected chi connectivity index (χ1v) is 11.5. The molecule has 0 aromatic heterocycles. The highest BCUT2D eigenvalue weighted by Gasteiger charge is 2.70. The van der Waals surface area contributed by atoms with Gasteiger partial charge < -0.3 is 15.2 Å². The number of carbonyl (C=O) groups excluding carboxylic acids is 2. The fourth-order valence-corrected chi connectivity index (χ4v) is 5.27. The van der Waals surface area contributed by atoms with Crippen LogP contribution in [0.25, 0.3) is 0 Å². The molecule has 0 saturated carbocycles. The highest BCUT2D eigenvalue weighted by atomic mass is 32.2. The van der Waals surface area contributed by atoms with Crippen LogP contribution in [0.5, 0.6) is 0 Å². The van der Waals surface area contributed by atoms with Gasteiger partial charge in [-0.15, -0.1) is 11.8 Å². The van der Waals surface area contributed by atoms with E-state index in [1.165, 1.54) is 4.90 Å². The molecule has 1 aromatic rings. The number of hydrogen-bond donors (Lipinski definition) is 2. The molecule has 0 bridgehead atoms. The number of benzene rings is 1. The normalized spacial score (nSPS) is 27.0. The highest BCUT2D eigenvalue weighted by molar-refractivity contribution is 7.99. The van der Waals surface area contributed by atoms with E-state index >= 15 is 0 Å². The summed E-state index contributed by atoms with van der Waals surface area (Å²) in [7, 11) is 0. The smallest absolute Gasteiger partial charge is 0.413 e. The van der Waals surface area contributed by atoms with E-state index in [2.05, 4.69) is 5.32 Å². The molecule has 8 heteroatoms. The van der Waals surface area contributed by atoms with Gasteiger partial charge in [-0.2, -0.15) is 0 Å². The summed E-state index contributed by atoms with van der Waals surface area (Å²) < 4.78 is 12.0. The second-order valence-corrected chi connectivity index (χ2v) is 10.5. The summed E-state index contributed by atoms with van der Waals surface area (Å²) in [6, 6.07) is 9.11. The zero-order valence-electron chi connectivity index (χ0n) is 18.4. The Balaban J connectivity index is 2.09. The zero-order valence-corrected chi connectivity index (χ0v) is 19.2. The van der Waals surface area contributed by atoms with Gasteiger partial charge in [0.25, 0.3) is 0 Å². The number of rotatable bonds is 6. The van der Waals surface area contributed by atoms with Crippen LogP contribution in [-0.2, 0) is 14.3 Å². The third kappa shape index (κ3) is 4.76. The molecule has 2 aliphatic heterocycles. The van der Waals surface area contributed by atoms with Crippen LogP contribution < -0.4 is 11.1 Å². The predicted molar refractivity (Wildman–Crippen MR) is 118 cm³/mol. The lowest BCUT2D eigenvalue weighted by Gasteiger charge is -2.39. The van der Waals surface area contributed by atoms with Crippen molar-refractivity contribution < 1.29 is 19.1 Å². The molecule has 2 aliphatic rings. The molecule has 166 valence electrons. The molecule has 2 fully saturated rings. The lowest BCUT2D eigenvalue weighted by molar-refractivity contribution is -0.127. The number of carbonyl (C=O) groups is 2. The minimum Gasteiger partial charge on any atom is -0.444 e. The summed E-state index contributed by atoms with van der Waals surface area (Å²) in [5, 5.41) is 3.18. The fourth-order valence-electron chi connectivity index (χ4n) is 3.92. The maximum Gasteiger partial charge on any atom is 0.413 e. The van der Waals surface area contributed by atoms with Gasteiger partial charge in [0.1, 0.15) is 11.6 Å². The van der Waals surface area contributed by atoms with Crippen LogP contribution in [0.15, 0.2) is 30.3 Å². The van der Waals surface area contributed by atoms with E-state index in [1.54, 1.807) is 11.8 Å². The molecule has 4 atom stereocenters. The molecule has 2 saturated heterocycles. The summed E-state index contributed by atoms with van der Waals surface area (Å²) in [5.41, 5.74) is 5.10. The first kappa shape index (κ1) is 22.9. The van der Waals surface area contributed by atoms with Crippen LogP contribution in [0, 0.1) is 5.92 Å². The summed E-state index contributed by atoms with van der Waals surface area (Å²) >= 11 is 1.71. The summed E-state index contributed by atoms with van der Waals surface area (Å²) in [6.07, 6.45) is -0.544. The summed E-state index contributed by atoms with van der Waals surface area (Å²) in [4.78, 5) is 27.5. The predicted octanol–water partition coefficient (Wildman–Crippen LogP) is 3.25. The van der Waals surface area contributed by atoms with Gasteiger partial charge in [0.15, 0.2) is 6.23 Å². The van der Waals surface area contributed by atoms with E-state index in [0.717, 1.165) is 17.9 Å². The molecule has 2 heterocycles. The maximum atomic E-state index is 13.5. The van der Waals surface area contributed by atoms with Gasteiger partial charge >= 0.3 is 6.09 Å². The van der Waals surface area contributed by atoms with Gasteiger partial charge in [-0.3, -0.25) is 15.0 Å². The van der Waals surface area contributed by atoms with Gasteiger partial charge in [0.05, 0.1) is 5.25 Å². The highest BCUT2D eigenvalue weighted by Crippen LogP contribution is 2.56. The molecule has 0 radical (unpaired) electrons. The number of nitrogens with two attached hydrogens (primary N) is 1. The largest absolute Gasteiger partial charge is 0.444 e. The van der Waals surface area contributed by atoms with Crippen LogP contribution in [0.2, 0.25) is 0 Å². The molecule has 2 amide bonds. The molecule has 3 unspecified atom stereocenters. The molecular formula is C22H33N3O4S. The van der Waals surface area contributed by atoms with Crippen molar-refractivity contribution in [1.29, 1.82) is 0 Å². The van der Waals surface area contributed by atoms with E-state index in [4.69, 9.17) is 15.2 Å². The number of nitrogens with one attached hydrogen (secondary N) is 1. The van der Waals surface area contributed by atoms with Crippen LogP contribution >= 0.6 is 11.8 Å². The van der Waals surface area contributed by atoms with E-state index < -0.39 is 29.4 Å². The minimum atomic E-state index is -1.04. The van der Waals surface area contributed by atoms with Gasteiger partial charge in [-0.05, 0) is 38.7 Å². The average Bonchev–Trinajstić information content (AvgIpc) is 3.35. The van der Waals surface area contributed by atoms with Crippen molar-refractivity contribution in [2.24, 2.45) is 11.7 Å². The summed E-state index contributed by atoms with van der Waals surface area (Å²) in [5.74, 6) is 0.455. The molecule has 30 heavy (non-hydrogen) atoms. The lowest BCUT2D eigenvalue weighted by Crippen LogP contribution is -2.59. The molecule has 1 aromatic carbocycles. The van der Waals surface area contributed by atoms with Crippen LogP contribution in [-0.4, -0.2) is 52.8 Å². The minimum absolute atomic E-state index is 0.155. The SMILES string of the molecule is CC(C)C[C@@H](C(N)=O)N(C(=O)OC(C)(C)C)C12OC1NCCSC2c1ccccc1. The number of nitrogens with zero attached hydrogens (tertiary/aromatic N) is 1. The molecule has 7 nitrogen and oxygen atoms in total. The number of primary amides is 1. The Bertz CT molecular complexity index is 767. The Morgan fingerprint density at radius 2 is 2.00 bits per heavy atom. The fraction of sp³-hybridized carbons (Fsp3) is 0.636. The first-order chi connectivity index (χ1) is 14.1.